The van der Waals surface area contributed by atoms with Crippen molar-refractivity contribution in [2.75, 3.05) is 0 Å². The molecule has 2 nitrogen and oxygen atoms in total. The quantitative estimate of drug-likeness (QED) is 0.194. The van der Waals surface area contributed by atoms with Crippen molar-refractivity contribution in [3.63, 3.8) is 0 Å². The van der Waals surface area contributed by atoms with Gasteiger partial charge in [-0.05, 0) is 92.7 Å². The van der Waals surface area contributed by atoms with Crippen molar-refractivity contribution >= 4 is 11.6 Å². The fourth-order valence-electron chi connectivity index (χ4n) is 2.17. The maximum atomic E-state index is 11.0. The first-order valence-electron chi connectivity index (χ1n) is 11.0. The lowest BCUT2D eigenvalue weighted by Gasteiger charge is -1.97. The van der Waals surface area contributed by atoms with E-state index in [4.69, 9.17) is 0 Å². The van der Waals surface area contributed by atoms with Gasteiger partial charge in [-0.2, -0.15) is 0 Å². The smallest absolute Gasteiger partial charge is 0.155 e. The second kappa shape index (κ2) is 18.8. The van der Waals surface area contributed by atoms with Crippen LogP contribution in [0.2, 0.25) is 0 Å². The summed E-state index contributed by atoms with van der Waals surface area (Å²) < 4.78 is 0. The molecule has 0 atom stereocenters. The van der Waals surface area contributed by atoms with Crippen LogP contribution in [-0.2, 0) is 9.59 Å². The molecule has 0 fully saturated rings. The molecule has 0 aliphatic heterocycles. The topological polar surface area (TPSA) is 34.1 Å². The second-order valence-electron chi connectivity index (χ2n) is 8.25. The molecule has 0 aliphatic carbocycles. The third-order valence-electron chi connectivity index (χ3n) is 4.37. The summed E-state index contributed by atoms with van der Waals surface area (Å²) in [6, 6.07) is 0. The Morgan fingerprint density at radius 3 is 1.53 bits per heavy atom. The number of carbonyl (C=O) groups excluding carboxylic acids is 2. The van der Waals surface area contributed by atoms with E-state index in [1.54, 1.807) is 13.0 Å². The summed E-state index contributed by atoms with van der Waals surface area (Å²) >= 11 is 0. The van der Waals surface area contributed by atoms with Gasteiger partial charge < -0.3 is 0 Å². The van der Waals surface area contributed by atoms with Crippen LogP contribution in [0.15, 0.2) is 70.4 Å². The lowest BCUT2D eigenvalue weighted by Crippen LogP contribution is -1.89. The van der Waals surface area contributed by atoms with Gasteiger partial charge in [0.2, 0.25) is 0 Å². The minimum absolute atomic E-state index is 0.142. The minimum atomic E-state index is 0.142. The van der Waals surface area contributed by atoms with E-state index in [9.17, 15) is 9.59 Å². The lowest BCUT2D eigenvalue weighted by molar-refractivity contribution is -0.114. The highest BCUT2D eigenvalue weighted by Gasteiger charge is 1.93. The van der Waals surface area contributed by atoms with Crippen molar-refractivity contribution in [3.05, 3.63) is 70.4 Å². The molecule has 168 valence electrons. The van der Waals surface area contributed by atoms with Crippen LogP contribution in [0.3, 0.4) is 0 Å². The predicted octanol–water partition coefficient (Wildman–Crippen LogP) is 8.43. The van der Waals surface area contributed by atoms with Gasteiger partial charge in [-0.3, -0.25) is 9.59 Å². The molecular weight excluding hydrogens is 368 g/mol. The Morgan fingerprint density at radius 1 is 0.667 bits per heavy atom. The number of rotatable bonds is 11. The summed E-state index contributed by atoms with van der Waals surface area (Å²) in [7, 11) is 0. The maximum absolute atomic E-state index is 11.0. The first-order valence-corrected chi connectivity index (χ1v) is 11.0. The molecule has 0 amide bonds. The highest BCUT2D eigenvalue weighted by Crippen LogP contribution is 2.08. The largest absolute Gasteiger partial charge is 0.295 e. The first kappa shape index (κ1) is 30.0. The van der Waals surface area contributed by atoms with E-state index in [0.29, 0.717) is 6.42 Å². The fraction of sp³-hybridized carbons (Fsp3) is 0.500. The highest BCUT2D eigenvalue weighted by atomic mass is 16.1. The Labute approximate surface area is 186 Å². The third-order valence-corrected chi connectivity index (χ3v) is 4.37. The van der Waals surface area contributed by atoms with Gasteiger partial charge in [-0.1, -0.05) is 65.7 Å². The van der Waals surface area contributed by atoms with Gasteiger partial charge in [-0.25, -0.2) is 0 Å². The van der Waals surface area contributed by atoms with E-state index in [1.807, 2.05) is 38.2 Å². The second-order valence-corrected chi connectivity index (χ2v) is 8.25. The molecule has 0 radical (unpaired) electrons. The molecule has 30 heavy (non-hydrogen) atoms. The van der Waals surface area contributed by atoms with Gasteiger partial charge in [0.1, 0.15) is 0 Å². The Balaban J connectivity index is 0. The summed E-state index contributed by atoms with van der Waals surface area (Å²) in [5, 5.41) is 0. The Kier molecular flexibility index (Phi) is 18.8. The molecule has 0 saturated heterocycles. The molecule has 0 N–H and O–H groups in total. The number of Topliss-reactive ketones (excluding diaryl/α,β-unsaturated/α-hetero) is 1. The average Bonchev–Trinajstić information content (AvgIpc) is 2.65. The van der Waals surface area contributed by atoms with E-state index >= 15 is 0 Å². The minimum Gasteiger partial charge on any atom is -0.295 e. The standard InChI is InChI=1S/2C14H22O/c1-11(2)7-6-8-12(3)9-10-13(4)14(5)15;1-5-14(15)11-7-10-13(4)9-6-8-12(2)3/h7,9-10H,6,8H2,1-5H3;7-8,10-11H,5-6,9H2,1-4H3/b12-9+,13-10+;11-7+,13-10+. The van der Waals surface area contributed by atoms with Crippen molar-refractivity contribution in [3.8, 4) is 0 Å². The van der Waals surface area contributed by atoms with Crippen LogP contribution >= 0.6 is 0 Å². The Hall–Kier alpha value is -2.22. The maximum Gasteiger partial charge on any atom is 0.155 e. The van der Waals surface area contributed by atoms with Crippen LogP contribution in [0.1, 0.15) is 94.4 Å². The van der Waals surface area contributed by atoms with Crippen LogP contribution < -0.4 is 0 Å². The molecule has 0 bridgehead atoms. The van der Waals surface area contributed by atoms with Gasteiger partial charge in [0.05, 0.1) is 0 Å². The van der Waals surface area contributed by atoms with Crippen molar-refractivity contribution < 1.29 is 9.59 Å². The number of hydrogen-bond donors (Lipinski definition) is 0. The molecule has 0 rings (SSSR count). The monoisotopic (exact) mass is 412 g/mol. The average molecular weight is 413 g/mol. The van der Waals surface area contributed by atoms with Crippen molar-refractivity contribution in [1.29, 1.82) is 0 Å². The normalized spacial score (nSPS) is 12.2. The van der Waals surface area contributed by atoms with Gasteiger partial charge >= 0.3 is 0 Å². The van der Waals surface area contributed by atoms with Crippen LogP contribution in [0.5, 0.6) is 0 Å². The van der Waals surface area contributed by atoms with Crippen LogP contribution in [-0.4, -0.2) is 11.6 Å². The van der Waals surface area contributed by atoms with E-state index in [2.05, 4.69) is 53.7 Å². The zero-order valence-corrected chi connectivity index (χ0v) is 20.9. The third kappa shape index (κ3) is 22.1. The molecular formula is C28H44O2. The van der Waals surface area contributed by atoms with E-state index in [-0.39, 0.29) is 11.6 Å². The van der Waals surface area contributed by atoms with Gasteiger partial charge in [0.15, 0.2) is 11.6 Å². The number of hydrogen-bond acceptors (Lipinski definition) is 2. The number of ketones is 2. The Morgan fingerprint density at radius 2 is 1.13 bits per heavy atom. The van der Waals surface area contributed by atoms with Crippen molar-refractivity contribution in [1.82, 2.24) is 0 Å². The summed E-state index contributed by atoms with van der Waals surface area (Å²) in [6.45, 7) is 18.0. The summed E-state index contributed by atoms with van der Waals surface area (Å²) in [5.41, 5.74) is 6.16. The van der Waals surface area contributed by atoms with Gasteiger partial charge in [-0.15, -0.1) is 0 Å². The SMILES string of the molecule is CC(=O)/C(C)=C/C=C(\C)CCC=C(C)C.CCC(=O)/C=C/C=C(\C)CCC=C(C)C. The van der Waals surface area contributed by atoms with E-state index < -0.39 is 0 Å². The first-order chi connectivity index (χ1) is 14.0. The van der Waals surface area contributed by atoms with E-state index in [1.165, 1.54) is 22.3 Å². The van der Waals surface area contributed by atoms with Gasteiger partial charge in [0.25, 0.3) is 0 Å². The molecule has 2 heteroatoms. The van der Waals surface area contributed by atoms with Gasteiger partial charge in [0, 0.05) is 6.42 Å². The molecule has 0 aromatic carbocycles. The lowest BCUT2D eigenvalue weighted by atomic mass is 10.1. The molecule has 0 aromatic heterocycles. The Bertz CT molecular complexity index is 697. The fourth-order valence-corrected chi connectivity index (χ4v) is 2.17. The molecule has 0 spiro atoms. The predicted molar refractivity (Wildman–Crippen MR) is 134 cm³/mol. The summed E-state index contributed by atoms with van der Waals surface area (Å²) in [6.07, 6.45) is 18.8. The zero-order chi connectivity index (χ0) is 23.5. The van der Waals surface area contributed by atoms with Crippen LogP contribution in [0.25, 0.3) is 0 Å². The highest BCUT2D eigenvalue weighted by molar-refractivity contribution is 5.92. The summed E-state index contributed by atoms with van der Waals surface area (Å²) in [5.74, 6) is 0.326. The number of carbonyl (C=O) groups is 2. The van der Waals surface area contributed by atoms with Crippen LogP contribution in [0.4, 0.5) is 0 Å². The summed E-state index contributed by atoms with van der Waals surface area (Å²) in [4.78, 5) is 21.9. The molecule has 0 saturated carbocycles. The number of allylic oxidation sites excluding steroid dienone is 12. The molecule has 0 heterocycles. The molecule has 0 aliphatic rings. The van der Waals surface area contributed by atoms with E-state index in [0.717, 1.165) is 31.3 Å². The van der Waals surface area contributed by atoms with Crippen molar-refractivity contribution in [2.24, 2.45) is 0 Å². The van der Waals surface area contributed by atoms with Crippen LogP contribution in [0, 0.1) is 0 Å². The zero-order valence-electron chi connectivity index (χ0n) is 20.9. The molecule has 0 aromatic rings. The van der Waals surface area contributed by atoms with Crippen molar-refractivity contribution in [2.45, 2.75) is 94.4 Å². The molecule has 0 unspecified atom stereocenters.